The fraction of sp³-hybridized carbons (Fsp3) is 0.423. The van der Waals surface area contributed by atoms with Crippen LogP contribution in [-0.4, -0.2) is 53.2 Å². The molecule has 1 fully saturated rings. The number of carbonyl (C=O) groups excluding carboxylic acids is 2. The molecule has 1 aliphatic heterocycles. The van der Waals surface area contributed by atoms with Crippen molar-refractivity contribution >= 4 is 18.0 Å². The molecule has 1 aliphatic carbocycles. The highest BCUT2D eigenvalue weighted by Crippen LogP contribution is 2.44. The number of piperidine rings is 1. The Bertz CT molecular complexity index is 991. The Morgan fingerprint density at radius 3 is 2.33 bits per heavy atom. The molecule has 174 valence electrons. The molecule has 7 nitrogen and oxygen atoms in total. The maximum Gasteiger partial charge on any atom is 0.407 e. The van der Waals surface area contributed by atoms with Crippen LogP contribution in [0.5, 0.6) is 0 Å². The number of rotatable bonds is 7. The van der Waals surface area contributed by atoms with Crippen LogP contribution in [-0.2, 0) is 14.3 Å². The summed E-state index contributed by atoms with van der Waals surface area (Å²) in [5.74, 6) is -1.05. The van der Waals surface area contributed by atoms with Gasteiger partial charge in [-0.3, -0.25) is 9.59 Å². The lowest BCUT2D eigenvalue weighted by molar-refractivity contribution is -0.142. The molecular weight excluding hydrogens is 420 g/mol. The molecule has 0 spiro atoms. The Morgan fingerprint density at radius 2 is 1.70 bits per heavy atom. The smallest absolute Gasteiger partial charge is 0.407 e. The number of nitrogens with one attached hydrogen (secondary N) is 1. The van der Waals surface area contributed by atoms with E-state index >= 15 is 0 Å². The first kappa shape index (κ1) is 22.8. The lowest BCUT2D eigenvalue weighted by atomic mass is 9.98. The molecule has 1 heterocycles. The molecule has 2 aromatic rings. The molecule has 0 radical (unpaired) electrons. The standard InChI is InChI=1S/C26H30N2O5/c1-17(14-24(29)28-13-7-6-8-18(28)15-25(30)31)27-26(32)33-16-23-21-11-4-2-9-19(21)20-10-3-5-12-22(20)23/h2-5,9-12,17-18,23H,6-8,13-16H2,1H3,(H,27,32)(H,30,31)/t17-,18+/m0/s1. The molecule has 7 heteroatoms. The maximum absolute atomic E-state index is 12.8. The van der Waals surface area contributed by atoms with E-state index < -0.39 is 18.1 Å². The summed E-state index contributed by atoms with van der Waals surface area (Å²) in [5, 5.41) is 11.9. The summed E-state index contributed by atoms with van der Waals surface area (Å²) in [4.78, 5) is 38.0. The van der Waals surface area contributed by atoms with E-state index in [0.29, 0.717) is 13.0 Å². The van der Waals surface area contributed by atoms with Crippen LogP contribution in [0.4, 0.5) is 4.79 Å². The first-order chi connectivity index (χ1) is 15.9. The highest BCUT2D eigenvalue weighted by Gasteiger charge is 2.31. The molecule has 1 saturated heterocycles. The molecule has 2 amide bonds. The van der Waals surface area contributed by atoms with Crippen LogP contribution in [0.15, 0.2) is 48.5 Å². The molecule has 0 aromatic heterocycles. The summed E-state index contributed by atoms with van der Waals surface area (Å²) < 4.78 is 5.56. The van der Waals surface area contributed by atoms with Crippen LogP contribution in [0, 0.1) is 0 Å². The van der Waals surface area contributed by atoms with Crippen LogP contribution < -0.4 is 5.32 Å². The number of carboxylic acids is 1. The highest BCUT2D eigenvalue weighted by molar-refractivity contribution is 5.80. The highest BCUT2D eigenvalue weighted by atomic mass is 16.5. The quantitative estimate of drug-likeness (QED) is 0.660. The zero-order valence-electron chi connectivity index (χ0n) is 18.8. The lowest BCUT2D eigenvalue weighted by Crippen LogP contribution is -2.47. The number of hydrogen-bond acceptors (Lipinski definition) is 4. The predicted molar refractivity (Wildman–Crippen MR) is 124 cm³/mol. The van der Waals surface area contributed by atoms with Gasteiger partial charge in [-0.15, -0.1) is 0 Å². The number of aliphatic carboxylic acids is 1. The van der Waals surface area contributed by atoms with E-state index in [1.807, 2.05) is 24.3 Å². The third kappa shape index (κ3) is 5.18. The predicted octanol–water partition coefficient (Wildman–Crippen LogP) is 4.16. The van der Waals surface area contributed by atoms with Gasteiger partial charge in [-0.05, 0) is 48.4 Å². The topological polar surface area (TPSA) is 95.9 Å². The van der Waals surface area contributed by atoms with Gasteiger partial charge in [0.1, 0.15) is 6.61 Å². The van der Waals surface area contributed by atoms with Gasteiger partial charge in [0.15, 0.2) is 0 Å². The van der Waals surface area contributed by atoms with Gasteiger partial charge in [-0.25, -0.2) is 4.79 Å². The number of likely N-dealkylation sites (tertiary alicyclic amines) is 1. The van der Waals surface area contributed by atoms with Crippen molar-refractivity contribution in [2.75, 3.05) is 13.2 Å². The van der Waals surface area contributed by atoms with Crippen molar-refractivity contribution in [3.8, 4) is 11.1 Å². The minimum atomic E-state index is -0.899. The Kier molecular flexibility index (Phi) is 6.96. The van der Waals surface area contributed by atoms with Gasteiger partial charge in [0, 0.05) is 31.0 Å². The first-order valence-electron chi connectivity index (χ1n) is 11.6. The molecule has 2 atom stereocenters. The number of benzene rings is 2. The van der Waals surface area contributed by atoms with Gasteiger partial charge < -0.3 is 20.1 Å². The van der Waals surface area contributed by atoms with Crippen molar-refractivity contribution in [1.82, 2.24) is 10.2 Å². The van der Waals surface area contributed by atoms with Gasteiger partial charge in [0.05, 0.1) is 6.42 Å². The molecular formula is C26H30N2O5. The minimum Gasteiger partial charge on any atom is -0.481 e. The maximum atomic E-state index is 12.8. The Hall–Kier alpha value is -3.35. The molecule has 0 bridgehead atoms. The Morgan fingerprint density at radius 1 is 1.06 bits per heavy atom. The third-order valence-corrected chi connectivity index (χ3v) is 6.55. The van der Waals surface area contributed by atoms with Crippen LogP contribution in [0.2, 0.25) is 0 Å². The van der Waals surface area contributed by atoms with Gasteiger partial charge in [0.25, 0.3) is 0 Å². The summed E-state index contributed by atoms with van der Waals surface area (Å²) in [5.41, 5.74) is 4.62. The molecule has 0 saturated carbocycles. The lowest BCUT2D eigenvalue weighted by Gasteiger charge is -2.35. The third-order valence-electron chi connectivity index (χ3n) is 6.55. The Labute approximate surface area is 193 Å². The zero-order chi connectivity index (χ0) is 23.4. The van der Waals surface area contributed by atoms with Crippen molar-refractivity contribution in [2.24, 2.45) is 0 Å². The number of nitrogens with zero attached hydrogens (tertiary/aromatic N) is 1. The van der Waals surface area contributed by atoms with Gasteiger partial charge >= 0.3 is 12.1 Å². The van der Waals surface area contributed by atoms with Crippen LogP contribution in [0.25, 0.3) is 11.1 Å². The summed E-state index contributed by atoms with van der Waals surface area (Å²) >= 11 is 0. The van der Waals surface area contributed by atoms with Gasteiger partial charge in [-0.2, -0.15) is 0 Å². The summed E-state index contributed by atoms with van der Waals surface area (Å²) in [6.07, 6.45) is 2.01. The van der Waals surface area contributed by atoms with Crippen LogP contribution in [0.3, 0.4) is 0 Å². The van der Waals surface area contributed by atoms with E-state index in [2.05, 4.69) is 29.6 Å². The Balaban J connectivity index is 1.31. The number of fused-ring (bicyclic) bond motifs is 3. The van der Waals surface area contributed by atoms with E-state index in [1.54, 1.807) is 11.8 Å². The van der Waals surface area contributed by atoms with E-state index in [-0.39, 0.29) is 37.3 Å². The van der Waals surface area contributed by atoms with Crippen LogP contribution >= 0.6 is 0 Å². The van der Waals surface area contributed by atoms with E-state index in [1.165, 1.54) is 11.1 Å². The average molecular weight is 451 g/mol. The number of carbonyl (C=O) groups is 3. The van der Waals surface area contributed by atoms with E-state index in [0.717, 1.165) is 24.0 Å². The number of carboxylic acid groups (broad SMARTS) is 1. The normalized spacial score (nSPS) is 18.2. The molecule has 2 aliphatic rings. The average Bonchev–Trinajstić information content (AvgIpc) is 3.11. The largest absolute Gasteiger partial charge is 0.481 e. The molecule has 2 aromatic carbocycles. The van der Waals surface area contributed by atoms with E-state index in [9.17, 15) is 14.4 Å². The summed E-state index contributed by atoms with van der Waals surface area (Å²) in [6.45, 7) is 2.54. The summed E-state index contributed by atoms with van der Waals surface area (Å²) in [7, 11) is 0. The minimum absolute atomic E-state index is 0.0229. The van der Waals surface area contributed by atoms with Crippen LogP contribution in [0.1, 0.15) is 56.1 Å². The number of amides is 2. The zero-order valence-corrected chi connectivity index (χ0v) is 18.8. The molecule has 2 N–H and O–H groups in total. The fourth-order valence-electron chi connectivity index (χ4n) is 5.01. The SMILES string of the molecule is C[C@@H](CC(=O)N1CCCC[C@@H]1CC(=O)O)NC(=O)OCC1c2ccccc2-c2ccccc21. The van der Waals surface area contributed by atoms with Crippen molar-refractivity contribution in [3.05, 3.63) is 59.7 Å². The number of hydrogen-bond donors (Lipinski definition) is 2. The molecule has 0 unspecified atom stereocenters. The molecule has 33 heavy (non-hydrogen) atoms. The second-order valence-corrected chi connectivity index (χ2v) is 8.91. The second-order valence-electron chi connectivity index (χ2n) is 8.91. The molecule has 4 rings (SSSR count). The van der Waals surface area contributed by atoms with Crippen molar-refractivity contribution in [2.45, 2.75) is 57.0 Å². The van der Waals surface area contributed by atoms with Gasteiger partial charge in [0.2, 0.25) is 5.91 Å². The second kappa shape index (κ2) is 10.1. The fourth-order valence-corrected chi connectivity index (χ4v) is 5.01. The number of ether oxygens (including phenoxy) is 1. The van der Waals surface area contributed by atoms with Crippen molar-refractivity contribution in [3.63, 3.8) is 0 Å². The first-order valence-corrected chi connectivity index (χ1v) is 11.6. The van der Waals surface area contributed by atoms with Gasteiger partial charge in [-0.1, -0.05) is 48.5 Å². The van der Waals surface area contributed by atoms with E-state index in [4.69, 9.17) is 9.84 Å². The monoisotopic (exact) mass is 450 g/mol. The van der Waals surface area contributed by atoms with Crippen molar-refractivity contribution < 1.29 is 24.2 Å². The van der Waals surface area contributed by atoms with Crippen molar-refractivity contribution in [1.29, 1.82) is 0 Å². The number of alkyl carbamates (subject to hydrolysis) is 1. The summed E-state index contributed by atoms with van der Waals surface area (Å²) in [6, 6.07) is 15.6.